The van der Waals surface area contributed by atoms with Gasteiger partial charge in [0.25, 0.3) is 5.91 Å². The van der Waals surface area contributed by atoms with E-state index >= 15 is 0 Å². The van der Waals surface area contributed by atoms with E-state index in [1.165, 1.54) is 18.2 Å². The second-order valence-corrected chi connectivity index (χ2v) is 4.13. The molecule has 18 heavy (non-hydrogen) atoms. The van der Waals surface area contributed by atoms with Crippen molar-refractivity contribution in [1.82, 2.24) is 5.32 Å². The van der Waals surface area contributed by atoms with Gasteiger partial charge in [0, 0.05) is 17.7 Å². The number of rotatable bonds is 3. The van der Waals surface area contributed by atoms with Gasteiger partial charge in [-0.05, 0) is 38.1 Å². The van der Waals surface area contributed by atoms with Crippen LogP contribution in [0, 0.1) is 19.7 Å². The van der Waals surface area contributed by atoms with Crippen LogP contribution in [0.15, 0.2) is 34.7 Å². The zero-order chi connectivity index (χ0) is 13.1. The minimum atomic E-state index is -0.419. The van der Waals surface area contributed by atoms with Crippen LogP contribution in [0.1, 0.15) is 27.4 Å². The molecule has 0 aliphatic heterocycles. The summed E-state index contributed by atoms with van der Waals surface area (Å²) >= 11 is 0. The molecule has 3 nitrogen and oxygen atoms in total. The monoisotopic (exact) mass is 247 g/mol. The average molecular weight is 247 g/mol. The molecule has 0 saturated carbocycles. The highest BCUT2D eigenvalue weighted by atomic mass is 19.1. The zero-order valence-electron chi connectivity index (χ0n) is 10.3. The number of hydrogen-bond acceptors (Lipinski definition) is 2. The third-order valence-electron chi connectivity index (χ3n) is 2.67. The largest absolute Gasteiger partial charge is 0.466 e. The van der Waals surface area contributed by atoms with Crippen LogP contribution in [0.2, 0.25) is 0 Å². The molecule has 0 radical (unpaired) electrons. The summed E-state index contributed by atoms with van der Waals surface area (Å²) < 4.78 is 18.3. The summed E-state index contributed by atoms with van der Waals surface area (Å²) in [5.41, 5.74) is 1.24. The smallest absolute Gasteiger partial charge is 0.251 e. The lowest BCUT2D eigenvalue weighted by molar-refractivity contribution is 0.0950. The third kappa shape index (κ3) is 2.77. The van der Waals surface area contributed by atoms with Crippen molar-refractivity contribution in [2.45, 2.75) is 20.4 Å². The molecule has 94 valence electrons. The standard InChI is InChI=1S/C14H14FNO2/c1-9-6-12(10(2)18-9)8-16-14(17)11-4-3-5-13(15)7-11/h3-7H,8H2,1-2H3,(H,16,17). The predicted octanol–water partition coefficient (Wildman–Crippen LogP) is 2.97. The van der Waals surface area contributed by atoms with Crippen molar-refractivity contribution in [3.8, 4) is 0 Å². The highest BCUT2D eigenvalue weighted by Gasteiger charge is 2.09. The summed E-state index contributed by atoms with van der Waals surface area (Å²) in [4.78, 5) is 11.8. The van der Waals surface area contributed by atoms with E-state index < -0.39 is 5.82 Å². The molecular formula is C14H14FNO2. The fraction of sp³-hybridized carbons (Fsp3) is 0.214. The molecule has 0 aliphatic rings. The van der Waals surface area contributed by atoms with Gasteiger partial charge in [0.05, 0.1) is 0 Å². The second-order valence-electron chi connectivity index (χ2n) is 4.13. The summed E-state index contributed by atoms with van der Waals surface area (Å²) in [6.07, 6.45) is 0. The minimum absolute atomic E-state index is 0.298. The first-order valence-electron chi connectivity index (χ1n) is 5.66. The van der Waals surface area contributed by atoms with Gasteiger partial charge < -0.3 is 9.73 Å². The van der Waals surface area contributed by atoms with E-state index in [-0.39, 0.29) is 5.91 Å². The Balaban J connectivity index is 2.02. The molecule has 1 aromatic carbocycles. The SMILES string of the molecule is Cc1cc(CNC(=O)c2cccc(F)c2)c(C)o1. The maximum atomic E-state index is 13.0. The molecular weight excluding hydrogens is 233 g/mol. The number of hydrogen-bond donors (Lipinski definition) is 1. The molecule has 1 amide bonds. The molecule has 0 unspecified atom stereocenters. The Kier molecular flexibility index (Phi) is 3.46. The molecule has 2 rings (SSSR count). The van der Waals surface area contributed by atoms with Crippen molar-refractivity contribution in [2.24, 2.45) is 0 Å². The summed E-state index contributed by atoms with van der Waals surface area (Å²) in [6.45, 7) is 4.07. The van der Waals surface area contributed by atoms with Gasteiger partial charge in [-0.15, -0.1) is 0 Å². The van der Waals surface area contributed by atoms with Crippen LogP contribution in [0.4, 0.5) is 4.39 Å². The van der Waals surface area contributed by atoms with Crippen molar-refractivity contribution >= 4 is 5.91 Å². The Morgan fingerprint density at radius 1 is 1.33 bits per heavy atom. The number of carbonyl (C=O) groups excluding carboxylic acids is 1. The molecule has 0 spiro atoms. The number of carbonyl (C=O) groups is 1. The Hall–Kier alpha value is -2.10. The van der Waals surface area contributed by atoms with Crippen LogP contribution in [0.25, 0.3) is 0 Å². The maximum Gasteiger partial charge on any atom is 0.251 e. The third-order valence-corrected chi connectivity index (χ3v) is 2.67. The van der Waals surface area contributed by atoms with E-state index in [1.54, 1.807) is 6.07 Å². The number of furan rings is 1. The lowest BCUT2D eigenvalue weighted by atomic mass is 10.2. The van der Waals surface area contributed by atoms with Crippen LogP contribution in [0.5, 0.6) is 0 Å². The van der Waals surface area contributed by atoms with Gasteiger partial charge in [0.15, 0.2) is 0 Å². The van der Waals surface area contributed by atoms with Crippen molar-refractivity contribution < 1.29 is 13.6 Å². The fourth-order valence-corrected chi connectivity index (χ4v) is 1.77. The number of amides is 1. The molecule has 1 N–H and O–H groups in total. The lowest BCUT2D eigenvalue weighted by Crippen LogP contribution is -2.22. The Bertz CT molecular complexity index is 575. The second kappa shape index (κ2) is 5.04. The summed E-state index contributed by atoms with van der Waals surface area (Å²) in [5, 5.41) is 2.73. The fourth-order valence-electron chi connectivity index (χ4n) is 1.77. The van der Waals surface area contributed by atoms with Crippen LogP contribution >= 0.6 is 0 Å². The summed E-state index contributed by atoms with van der Waals surface area (Å²) in [7, 11) is 0. The average Bonchev–Trinajstić information content (AvgIpc) is 2.65. The quantitative estimate of drug-likeness (QED) is 0.906. The molecule has 0 bridgehead atoms. The molecule has 4 heteroatoms. The normalized spacial score (nSPS) is 10.4. The lowest BCUT2D eigenvalue weighted by Gasteiger charge is -2.04. The van der Waals surface area contributed by atoms with Gasteiger partial charge in [0.1, 0.15) is 17.3 Å². The molecule has 0 saturated heterocycles. The van der Waals surface area contributed by atoms with Gasteiger partial charge >= 0.3 is 0 Å². The zero-order valence-corrected chi connectivity index (χ0v) is 10.3. The summed E-state index contributed by atoms with van der Waals surface area (Å²) in [6, 6.07) is 7.48. The Morgan fingerprint density at radius 3 is 2.72 bits per heavy atom. The molecule has 0 aliphatic carbocycles. The van der Waals surface area contributed by atoms with Crippen LogP contribution in [-0.2, 0) is 6.54 Å². The van der Waals surface area contributed by atoms with E-state index in [0.717, 1.165) is 17.1 Å². The highest BCUT2D eigenvalue weighted by Crippen LogP contribution is 2.13. The Labute approximate surface area is 105 Å². The number of nitrogens with one attached hydrogen (secondary N) is 1. The first kappa shape index (κ1) is 12.4. The van der Waals surface area contributed by atoms with Gasteiger partial charge in [-0.1, -0.05) is 6.07 Å². The molecule has 1 aromatic heterocycles. The molecule has 0 atom stereocenters. The van der Waals surface area contributed by atoms with Crippen LogP contribution < -0.4 is 5.32 Å². The number of halogens is 1. The predicted molar refractivity (Wildman–Crippen MR) is 65.8 cm³/mol. The van der Waals surface area contributed by atoms with Crippen molar-refractivity contribution in [3.63, 3.8) is 0 Å². The number of aryl methyl sites for hydroxylation is 2. The Morgan fingerprint density at radius 2 is 2.11 bits per heavy atom. The van der Waals surface area contributed by atoms with Crippen LogP contribution in [-0.4, -0.2) is 5.91 Å². The topological polar surface area (TPSA) is 42.2 Å². The van der Waals surface area contributed by atoms with E-state index in [2.05, 4.69) is 5.32 Å². The van der Waals surface area contributed by atoms with Crippen molar-refractivity contribution in [1.29, 1.82) is 0 Å². The number of benzene rings is 1. The first-order valence-corrected chi connectivity index (χ1v) is 5.66. The molecule has 0 fully saturated rings. The van der Waals surface area contributed by atoms with E-state index in [0.29, 0.717) is 12.1 Å². The van der Waals surface area contributed by atoms with E-state index in [4.69, 9.17) is 4.42 Å². The van der Waals surface area contributed by atoms with Crippen LogP contribution in [0.3, 0.4) is 0 Å². The van der Waals surface area contributed by atoms with Crippen molar-refractivity contribution in [2.75, 3.05) is 0 Å². The van der Waals surface area contributed by atoms with Gasteiger partial charge in [-0.2, -0.15) is 0 Å². The van der Waals surface area contributed by atoms with Crippen molar-refractivity contribution in [3.05, 3.63) is 58.8 Å². The molecule has 2 aromatic rings. The first-order chi connectivity index (χ1) is 8.56. The van der Waals surface area contributed by atoms with Gasteiger partial charge in [-0.25, -0.2) is 4.39 Å². The molecule has 1 heterocycles. The minimum Gasteiger partial charge on any atom is -0.466 e. The van der Waals surface area contributed by atoms with Gasteiger partial charge in [-0.3, -0.25) is 4.79 Å². The summed E-state index contributed by atoms with van der Waals surface area (Å²) in [5.74, 6) is 0.875. The highest BCUT2D eigenvalue weighted by molar-refractivity contribution is 5.94. The van der Waals surface area contributed by atoms with E-state index in [1.807, 2.05) is 19.9 Å². The van der Waals surface area contributed by atoms with E-state index in [9.17, 15) is 9.18 Å². The van der Waals surface area contributed by atoms with Gasteiger partial charge in [0.2, 0.25) is 0 Å². The maximum absolute atomic E-state index is 13.0.